The van der Waals surface area contributed by atoms with E-state index in [1.165, 1.54) is 13.4 Å². The zero-order valence-electron chi connectivity index (χ0n) is 7.82. The first-order chi connectivity index (χ1) is 7.22. The third kappa shape index (κ3) is 1.83. The van der Waals surface area contributed by atoms with Crippen molar-refractivity contribution in [2.45, 2.75) is 0 Å². The molecule has 4 nitrogen and oxygen atoms in total. The number of hydrogen-bond acceptors (Lipinski definition) is 4. The lowest BCUT2D eigenvalue weighted by Gasteiger charge is -1.92. The largest absolute Gasteiger partial charge is 0.463 e. The molecular formula is C10H7BrO4. The quantitative estimate of drug-likeness (QED) is 0.787. The van der Waals surface area contributed by atoms with Crippen LogP contribution >= 0.6 is 15.9 Å². The highest BCUT2D eigenvalue weighted by Crippen LogP contribution is 2.31. The number of furan rings is 2. The van der Waals surface area contributed by atoms with Crippen molar-refractivity contribution in [2.75, 3.05) is 7.11 Å². The molecule has 0 radical (unpaired) electrons. The van der Waals surface area contributed by atoms with Crippen LogP contribution in [0, 0.1) is 0 Å². The molecule has 0 unspecified atom stereocenters. The Bertz CT molecular complexity index is 470. The van der Waals surface area contributed by atoms with Crippen LogP contribution in [0.3, 0.4) is 0 Å². The van der Waals surface area contributed by atoms with E-state index in [9.17, 15) is 4.79 Å². The van der Waals surface area contributed by atoms with Gasteiger partial charge in [0.25, 0.3) is 0 Å². The number of carbonyl (C=O) groups excluding carboxylic acids is 1. The van der Waals surface area contributed by atoms with E-state index in [1.807, 2.05) is 0 Å². The van der Waals surface area contributed by atoms with Crippen molar-refractivity contribution in [2.24, 2.45) is 0 Å². The monoisotopic (exact) mass is 270 g/mol. The van der Waals surface area contributed by atoms with Crippen molar-refractivity contribution >= 4 is 21.9 Å². The van der Waals surface area contributed by atoms with Gasteiger partial charge in [-0.25, -0.2) is 4.79 Å². The summed E-state index contributed by atoms with van der Waals surface area (Å²) in [5, 5.41) is 0. The summed E-state index contributed by atoms with van der Waals surface area (Å²) in [5.41, 5.74) is 0. The van der Waals surface area contributed by atoms with Gasteiger partial charge in [0.05, 0.1) is 17.8 Å². The van der Waals surface area contributed by atoms with Gasteiger partial charge in [0.15, 0.2) is 11.5 Å². The Morgan fingerprint density at radius 1 is 1.53 bits per heavy atom. The number of carbonyl (C=O) groups is 1. The molecule has 0 N–H and O–H groups in total. The summed E-state index contributed by atoms with van der Waals surface area (Å²) in [6.07, 6.45) is 1.53. The lowest BCUT2D eigenvalue weighted by molar-refractivity contribution is 0.0566. The van der Waals surface area contributed by atoms with E-state index in [-0.39, 0.29) is 5.76 Å². The van der Waals surface area contributed by atoms with Crippen LogP contribution in [0.25, 0.3) is 11.5 Å². The second-order valence-electron chi connectivity index (χ2n) is 2.76. The van der Waals surface area contributed by atoms with E-state index in [4.69, 9.17) is 8.83 Å². The molecule has 78 valence electrons. The van der Waals surface area contributed by atoms with Crippen LogP contribution in [0.5, 0.6) is 0 Å². The van der Waals surface area contributed by atoms with E-state index in [2.05, 4.69) is 20.7 Å². The number of ether oxygens (including phenoxy) is 1. The van der Waals surface area contributed by atoms with E-state index in [0.717, 1.165) is 0 Å². The zero-order chi connectivity index (χ0) is 10.8. The molecule has 2 aromatic rings. The summed E-state index contributed by atoms with van der Waals surface area (Å²) in [7, 11) is 1.30. The SMILES string of the molecule is COC(=O)c1cc(Br)c(-c2ccco2)o1. The van der Waals surface area contributed by atoms with Crippen LogP contribution in [0.4, 0.5) is 0 Å². The first-order valence-corrected chi connectivity index (χ1v) is 4.93. The highest BCUT2D eigenvalue weighted by atomic mass is 79.9. The molecule has 0 aliphatic heterocycles. The van der Waals surface area contributed by atoms with Crippen LogP contribution < -0.4 is 0 Å². The molecule has 5 heteroatoms. The number of rotatable bonds is 2. The molecule has 0 saturated carbocycles. The third-order valence-corrected chi connectivity index (χ3v) is 2.41. The van der Waals surface area contributed by atoms with Crippen molar-refractivity contribution in [1.29, 1.82) is 0 Å². The van der Waals surface area contributed by atoms with E-state index in [1.54, 1.807) is 18.2 Å². The summed E-state index contributed by atoms with van der Waals surface area (Å²) >= 11 is 3.27. The summed E-state index contributed by atoms with van der Waals surface area (Å²) in [6.45, 7) is 0. The summed E-state index contributed by atoms with van der Waals surface area (Å²) in [5.74, 6) is 0.640. The molecular weight excluding hydrogens is 264 g/mol. The van der Waals surface area contributed by atoms with Crippen molar-refractivity contribution < 1.29 is 18.4 Å². The Morgan fingerprint density at radius 2 is 2.33 bits per heavy atom. The minimum absolute atomic E-state index is 0.135. The van der Waals surface area contributed by atoms with Gasteiger partial charge in [-0.2, -0.15) is 0 Å². The summed E-state index contributed by atoms with van der Waals surface area (Å²) < 4.78 is 15.6. The molecule has 2 rings (SSSR count). The topological polar surface area (TPSA) is 52.6 Å². The van der Waals surface area contributed by atoms with Gasteiger partial charge in [0.2, 0.25) is 5.76 Å². The summed E-state index contributed by atoms with van der Waals surface area (Å²) in [6, 6.07) is 5.02. The zero-order valence-corrected chi connectivity index (χ0v) is 9.41. The van der Waals surface area contributed by atoms with Crippen molar-refractivity contribution in [1.82, 2.24) is 0 Å². The van der Waals surface area contributed by atoms with Crippen molar-refractivity contribution in [3.63, 3.8) is 0 Å². The molecule has 0 amide bonds. The molecule has 0 aliphatic carbocycles. The molecule has 0 saturated heterocycles. The number of hydrogen-bond donors (Lipinski definition) is 0. The molecule has 2 heterocycles. The average molecular weight is 271 g/mol. The normalized spacial score (nSPS) is 10.3. The maximum absolute atomic E-state index is 11.2. The van der Waals surface area contributed by atoms with E-state index in [0.29, 0.717) is 16.0 Å². The molecule has 15 heavy (non-hydrogen) atoms. The Labute approximate surface area is 93.9 Å². The van der Waals surface area contributed by atoms with Gasteiger partial charge in [-0.05, 0) is 28.1 Å². The van der Waals surface area contributed by atoms with Crippen LogP contribution in [-0.2, 0) is 4.74 Å². The Balaban J connectivity index is 2.42. The van der Waals surface area contributed by atoms with Gasteiger partial charge in [0.1, 0.15) is 0 Å². The highest BCUT2D eigenvalue weighted by Gasteiger charge is 2.18. The second kappa shape index (κ2) is 3.94. The Kier molecular flexibility index (Phi) is 2.64. The minimum atomic E-state index is -0.520. The molecule has 0 spiro atoms. The van der Waals surface area contributed by atoms with E-state index < -0.39 is 5.97 Å². The number of methoxy groups -OCH3 is 1. The van der Waals surface area contributed by atoms with Gasteiger partial charge < -0.3 is 13.6 Å². The van der Waals surface area contributed by atoms with Gasteiger partial charge >= 0.3 is 5.97 Å². The molecule has 0 aromatic carbocycles. The lowest BCUT2D eigenvalue weighted by atomic mass is 10.3. The van der Waals surface area contributed by atoms with Gasteiger partial charge in [-0.15, -0.1) is 0 Å². The number of esters is 1. The fourth-order valence-corrected chi connectivity index (χ4v) is 1.63. The van der Waals surface area contributed by atoms with Crippen LogP contribution in [0.1, 0.15) is 10.6 Å². The molecule has 2 aromatic heterocycles. The lowest BCUT2D eigenvalue weighted by Crippen LogP contribution is -1.98. The molecule has 0 atom stereocenters. The average Bonchev–Trinajstić information content (AvgIpc) is 2.84. The summed E-state index contributed by atoms with van der Waals surface area (Å²) in [4.78, 5) is 11.2. The molecule has 0 aliphatic rings. The van der Waals surface area contributed by atoms with Crippen LogP contribution in [0.15, 0.2) is 37.8 Å². The van der Waals surface area contributed by atoms with E-state index >= 15 is 0 Å². The van der Waals surface area contributed by atoms with Crippen LogP contribution in [0.2, 0.25) is 0 Å². The van der Waals surface area contributed by atoms with Crippen molar-refractivity contribution in [3.05, 3.63) is 34.7 Å². The maximum Gasteiger partial charge on any atom is 0.374 e. The predicted molar refractivity (Wildman–Crippen MR) is 55.4 cm³/mol. The first kappa shape index (κ1) is 10.0. The Morgan fingerprint density at radius 3 is 2.93 bits per heavy atom. The molecule has 0 fully saturated rings. The van der Waals surface area contributed by atoms with Gasteiger partial charge in [0, 0.05) is 6.07 Å². The van der Waals surface area contributed by atoms with Gasteiger partial charge in [-0.1, -0.05) is 0 Å². The smallest absolute Gasteiger partial charge is 0.374 e. The third-order valence-electron chi connectivity index (χ3n) is 1.82. The molecule has 0 bridgehead atoms. The first-order valence-electron chi connectivity index (χ1n) is 4.14. The van der Waals surface area contributed by atoms with Gasteiger partial charge in [-0.3, -0.25) is 0 Å². The fourth-order valence-electron chi connectivity index (χ4n) is 1.15. The Hall–Kier alpha value is -1.49. The maximum atomic E-state index is 11.2. The second-order valence-corrected chi connectivity index (χ2v) is 3.61. The number of halogens is 1. The fraction of sp³-hybridized carbons (Fsp3) is 0.100. The minimum Gasteiger partial charge on any atom is -0.463 e. The van der Waals surface area contributed by atoms with Crippen LogP contribution in [-0.4, -0.2) is 13.1 Å². The van der Waals surface area contributed by atoms with Crippen molar-refractivity contribution in [3.8, 4) is 11.5 Å². The predicted octanol–water partition coefficient (Wildman–Crippen LogP) is 3.09. The standard InChI is InChI=1S/C10H7BrO4/c1-13-10(12)8-5-6(11)9(15-8)7-3-2-4-14-7/h2-5H,1H3. The highest BCUT2D eigenvalue weighted by molar-refractivity contribution is 9.10.